The Morgan fingerprint density at radius 2 is 1.77 bits per heavy atom. The zero-order chi connectivity index (χ0) is 9.94. The molecule has 0 spiro atoms. The number of carboxylic acids is 1. The molecule has 13 heavy (non-hydrogen) atoms. The first-order valence-electron chi connectivity index (χ1n) is 5.30. The standard InChI is InChI=1S/C10H21NO2/c1-2-3-4-5-6-7-8-11-9-10(12)13/h11H,2-9H2,1H3,(H,12,13)/p+1. The van der Waals surface area contributed by atoms with E-state index in [4.69, 9.17) is 5.11 Å². The van der Waals surface area contributed by atoms with Gasteiger partial charge in [-0.2, -0.15) is 0 Å². The second kappa shape index (κ2) is 9.52. The fraction of sp³-hybridized carbons (Fsp3) is 0.900. The van der Waals surface area contributed by atoms with E-state index in [1.165, 1.54) is 32.1 Å². The first-order chi connectivity index (χ1) is 6.27. The van der Waals surface area contributed by atoms with Gasteiger partial charge in [0.25, 0.3) is 0 Å². The molecule has 0 unspecified atom stereocenters. The lowest BCUT2D eigenvalue weighted by Gasteiger charge is -1.99. The summed E-state index contributed by atoms with van der Waals surface area (Å²) in [6, 6.07) is 0. The van der Waals surface area contributed by atoms with E-state index in [1.54, 1.807) is 0 Å². The van der Waals surface area contributed by atoms with E-state index in [-0.39, 0.29) is 6.54 Å². The minimum Gasteiger partial charge on any atom is -0.477 e. The SMILES string of the molecule is CCCCCCCC[NH2+]CC(=O)O. The highest BCUT2D eigenvalue weighted by Crippen LogP contribution is 2.03. The number of aliphatic carboxylic acids is 1. The van der Waals surface area contributed by atoms with Crippen LogP contribution >= 0.6 is 0 Å². The Kier molecular flexibility index (Phi) is 9.10. The monoisotopic (exact) mass is 188 g/mol. The molecule has 0 aromatic heterocycles. The third-order valence-corrected chi connectivity index (χ3v) is 2.08. The van der Waals surface area contributed by atoms with E-state index in [0.29, 0.717) is 0 Å². The molecule has 0 saturated heterocycles. The van der Waals surface area contributed by atoms with Crippen LogP contribution in [0.5, 0.6) is 0 Å². The van der Waals surface area contributed by atoms with Gasteiger partial charge >= 0.3 is 5.97 Å². The van der Waals surface area contributed by atoms with Crippen LogP contribution < -0.4 is 5.32 Å². The summed E-state index contributed by atoms with van der Waals surface area (Å²) in [5.41, 5.74) is 0. The maximum absolute atomic E-state index is 10.1. The summed E-state index contributed by atoms with van der Waals surface area (Å²) in [6.07, 6.45) is 7.64. The summed E-state index contributed by atoms with van der Waals surface area (Å²) in [7, 11) is 0. The van der Waals surface area contributed by atoms with Gasteiger partial charge < -0.3 is 10.4 Å². The van der Waals surface area contributed by atoms with Crippen molar-refractivity contribution in [3.63, 3.8) is 0 Å². The second-order valence-electron chi connectivity index (χ2n) is 3.44. The summed E-state index contributed by atoms with van der Waals surface area (Å²) in [5, 5.41) is 10.2. The van der Waals surface area contributed by atoms with Crippen molar-refractivity contribution < 1.29 is 15.2 Å². The van der Waals surface area contributed by atoms with Crippen LogP contribution in [0.25, 0.3) is 0 Å². The molecule has 0 aliphatic carbocycles. The molecule has 0 aromatic rings. The predicted octanol–water partition coefficient (Wildman–Crippen LogP) is 0.995. The molecule has 78 valence electrons. The Morgan fingerprint density at radius 3 is 2.38 bits per heavy atom. The van der Waals surface area contributed by atoms with Crippen LogP contribution in [-0.4, -0.2) is 24.2 Å². The molecule has 3 N–H and O–H groups in total. The average molecular weight is 188 g/mol. The van der Waals surface area contributed by atoms with Crippen LogP contribution in [0.4, 0.5) is 0 Å². The van der Waals surface area contributed by atoms with Gasteiger partial charge in [0.15, 0.2) is 6.54 Å². The number of hydrogen-bond donors (Lipinski definition) is 2. The van der Waals surface area contributed by atoms with Gasteiger partial charge in [-0.25, -0.2) is 4.79 Å². The Bertz CT molecular complexity index is 126. The van der Waals surface area contributed by atoms with Crippen molar-refractivity contribution in [1.29, 1.82) is 0 Å². The molecule has 0 aliphatic rings. The van der Waals surface area contributed by atoms with E-state index in [2.05, 4.69) is 6.92 Å². The fourth-order valence-electron chi connectivity index (χ4n) is 1.29. The first-order valence-corrected chi connectivity index (χ1v) is 5.30. The molecule has 0 heterocycles. The largest absolute Gasteiger partial charge is 0.477 e. The Morgan fingerprint density at radius 1 is 1.15 bits per heavy atom. The van der Waals surface area contributed by atoms with Crippen molar-refractivity contribution in [2.75, 3.05) is 13.1 Å². The number of unbranched alkanes of at least 4 members (excludes halogenated alkanes) is 5. The predicted molar refractivity (Wildman–Crippen MR) is 52.7 cm³/mol. The number of quaternary nitrogens is 1. The third-order valence-electron chi connectivity index (χ3n) is 2.08. The molecule has 0 aromatic carbocycles. The van der Waals surface area contributed by atoms with Crippen molar-refractivity contribution in [2.45, 2.75) is 45.4 Å². The zero-order valence-electron chi connectivity index (χ0n) is 8.59. The minimum absolute atomic E-state index is 0.217. The molecular weight excluding hydrogens is 166 g/mol. The maximum atomic E-state index is 10.1. The zero-order valence-corrected chi connectivity index (χ0v) is 8.59. The topological polar surface area (TPSA) is 53.9 Å². The molecule has 0 aliphatic heterocycles. The van der Waals surface area contributed by atoms with Gasteiger partial charge in [-0.05, 0) is 12.8 Å². The Labute approximate surface area is 80.5 Å². The van der Waals surface area contributed by atoms with E-state index >= 15 is 0 Å². The molecule has 3 nitrogen and oxygen atoms in total. The van der Waals surface area contributed by atoms with E-state index in [9.17, 15) is 4.79 Å². The maximum Gasteiger partial charge on any atom is 0.359 e. The number of nitrogens with two attached hydrogens (primary N) is 1. The summed E-state index contributed by atoms with van der Waals surface area (Å²) in [5.74, 6) is -0.717. The molecule has 0 amide bonds. The van der Waals surface area contributed by atoms with E-state index in [1.807, 2.05) is 5.32 Å². The third kappa shape index (κ3) is 11.4. The smallest absolute Gasteiger partial charge is 0.359 e. The van der Waals surface area contributed by atoms with Crippen LogP contribution in [0.1, 0.15) is 45.4 Å². The Balaban J connectivity index is 2.87. The molecule has 0 bridgehead atoms. The van der Waals surface area contributed by atoms with Crippen LogP contribution in [0.15, 0.2) is 0 Å². The second-order valence-corrected chi connectivity index (χ2v) is 3.44. The molecule has 0 atom stereocenters. The van der Waals surface area contributed by atoms with Crippen LogP contribution in [0, 0.1) is 0 Å². The van der Waals surface area contributed by atoms with Gasteiger partial charge in [-0.15, -0.1) is 0 Å². The number of rotatable bonds is 9. The lowest BCUT2D eigenvalue weighted by molar-refractivity contribution is -0.645. The number of carboxylic acid groups (broad SMARTS) is 1. The highest BCUT2D eigenvalue weighted by Gasteiger charge is 1.97. The molecule has 0 radical (unpaired) electrons. The van der Waals surface area contributed by atoms with Crippen LogP contribution in [0.3, 0.4) is 0 Å². The number of carbonyl (C=O) groups is 1. The summed E-state index contributed by atoms with van der Waals surface area (Å²) < 4.78 is 0. The van der Waals surface area contributed by atoms with Crippen molar-refractivity contribution in [2.24, 2.45) is 0 Å². The highest BCUT2D eigenvalue weighted by atomic mass is 16.4. The van der Waals surface area contributed by atoms with Crippen molar-refractivity contribution in [1.82, 2.24) is 0 Å². The average Bonchev–Trinajstić information content (AvgIpc) is 2.09. The van der Waals surface area contributed by atoms with Crippen molar-refractivity contribution in [3.8, 4) is 0 Å². The van der Waals surface area contributed by atoms with Gasteiger partial charge in [0, 0.05) is 0 Å². The molecule has 3 heteroatoms. The van der Waals surface area contributed by atoms with Crippen LogP contribution in [0.2, 0.25) is 0 Å². The van der Waals surface area contributed by atoms with Gasteiger partial charge in [0.05, 0.1) is 6.54 Å². The molecular formula is C10H22NO2+. The highest BCUT2D eigenvalue weighted by molar-refractivity contribution is 5.67. The normalized spacial score (nSPS) is 10.2. The van der Waals surface area contributed by atoms with Gasteiger partial charge in [-0.1, -0.05) is 32.6 Å². The molecule has 0 fully saturated rings. The summed E-state index contributed by atoms with van der Waals surface area (Å²) in [4.78, 5) is 10.1. The Hall–Kier alpha value is -0.570. The van der Waals surface area contributed by atoms with E-state index < -0.39 is 5.97 Å². The first kappa shape index (κ1) is 12.4. The quantitative estimate of drug-likeness (QED) is 0.530. The van der Waals surface area contributed by atoms with Crippen molar-refractivity contribution in [3.05, 3.63) is 0 Å². The lowest BCUT2D eigenvalue weighted by atomic mass is 10.1. The molecule has 0 saturated carbocycles. The fourth-order valence-corrected chi connectivity index (χ4v) is 1.29. The van der Waals surface area contributed by atoms with Crippen LogP contribution in [-0.2, 0) is 4.79 Å². The van der Waals surface area contributed by atoms with Gasteiger partial charge in [0.1, 0.15) is 0 Å². The summed E-state index contributed by atoms with van der Waals surface area (Å²) >= 11 is 0. The van der Waals surface area contributed by atoms with E-state index in [0.717, 1.165) is 13.0 Å². The summed E-state index contributed by atoms with van der Waals surface area (Å²) in [6.45, 7) is 3.38. The lowest BCUT2D eigenvalue weighted by Crippen LogP contribution is -2.85. The van der Waals surface area contributed by atoms with Crippen molar-refractivity contribution >= 4 is 5.97 Å². The minimum atomic E-state index is -0.717. The van der Waals surface area contributed by atoms with Gasteiger partial charge in [-0.3, -0.25) is 0 Å². The molecule has 0 rings (SSSR count). The number of hydrogen-bond acceptors (Lipinski definition) is 1. The van der Waals surface area contributed by atoms with Gasteiger partial charge in [0.2, 0.25) is 0 Å².